The van der Waals surface area contributed by atoms with Crippen LogP contribution in [0.25, 0.3) is 0 Å². The van der Waals surface area contributed by atoms with Gasteiger partial charge in [0.15, 0.2) is 0 Å². The van der Waals surface area contributed by atoms with E-state index in [1.807, 2.05) is 6.92 Å². The molecule has 3 nitrogen and oxygen atoms in total. The van der Waals surface area contributed by atoms with Crippen molar-refractivity contribution in [3.63, 3.8) is 0 Å². The van der Waals surface area contributed by atoms with Gasteiger partial charge in [0, 0.05) is 23.6 Å². The minimum absolute atomic E-state index is 0.0321. The lowest BCUT2D eigenvalue weighted by molar-refractivity contribution is -0.140. The summed E-state index contributed by atoms with van der Waals surface area (Å²) in [5.41, 5.74) is 5.33. The van der Waals surface area contributed by atoms with Crippen molar-refractivity contribution < 1.29 is 6.17 Å². The standard InChI is InChI=1S/C27H40N2O/c1-16-13-21-22-19(14-17(2)25(4,5)23(22)18(16)3)15-29(24(21)30)27(8)20-9-11-28(12-10-20)26(27,6)7/h13,17,19-20H,9-12,14-15H2,1-8H3/t17?,19-,27+/m1/s1/i13D. The van der Waals surface area contributed by atoms with Crippen LogP contribution in [0.5, 0.6) is 0 Å². The third-order valence-corrected chi connectivity index (χ3v) is 10.5. The monoisotopic (exact) mass is 409 g/mol. The summed E-state index contributed by atoms with van der Waals surface area (Å²) in [5.74, 6) is 1.55. The van der Waals surface area contributed by atoms with E-state index >= 15 is 0 Å². The first-order valence-electron chi connectivity index (χ1n) is 12.6. The molecule has 2 bridgehead atoms. The van der Waals surface area contributed by atoms with E-state index in [-0.39, 0.29) is 22.4 Å². The Morgan fingerprint density at radius 3 is 2.33 bits per heavy atom. The fourth-order valence-electron chi connectivity index (χ4n) is 7.73. The molecule has 3 heteroatoms. The summed E-state index contributed by atoms with van der Waals surface area (Å²) in [5, 5.41) is 0. The Balaban J connectivity index is 1.73. The predicted octanol–water partition coefficient (Wildman–Crippen LogP) is 5.42. The second kappa shape index (κ2) is 6.12. The van der Waals surface area contributed by atoms with Gasteiger partial charge in [0.05, 0.1) is 6.91 Å². The normalized spacial score (nSPS) is 39.0. The summed E-state index contributed by atoms with van der Waals surface area (Å²) in [6.07, 6.45) is 3.46. The van der Waals surface area contributed by atoms with Crippen molar-refractivity contribution >= 4 is 5.91 Å². The Hall–Kier alpha value is -1.35. The number of carbonyl (C=O) groups excluding carboxylic acids is 1. The van der Waals surface area contributed by atoms with Crippen LogP contribution in [0.4, 0.5) is 0 Å². The van der Waals surface area contributed by atoms with Gasteiger partial charge in [-0.15, -0.1) is 0 Å². The van der Waals surface area contributed by atoms with Gasteiger partial charge in [-0.2, -0.15) is 0 Å². The first-order valence-corrected chi connectivity index (χ1v) is 12.1. The number of hydrogen-bond donors (Lipinski definition) is 0. The number of nitrogens with zero attached hydrogens (tertiary/aromatic N) is 2. The molecule has 3 fully saturated rings. The quantitative estimate of drug-likeness (QED) is 0.618. The van der Waals surface area contributed by atoms with Crippen LogP contribution in [-0.4, -0.2) is 46.4 Å². The van der Waals surface area contributed by atoms with Gasteiger partial charge in [-0.05, 0) is 113 Å². The molecule has 6 rings (SSSR count). The Morgan fingerprint density at radius 2 is 1.73 bits per heavy atom. The first-order chi connectivity index (χ1) is 14.3. The molecule has 1 unspecified atom stereocenters. The van der Waals surface area contributed by atoms with E-state index in [1.54, 1.807) is 0 Å². The summed E-state index contributed by atoms with van der Waals surface area (Å²) < 4.78 is 9.02. The molecule has 3 atom stereocenters. The molecular formula is C27H40N2O. The molecule has 1 aromatic carbocycles. The molecule has 1 aromatic rings. The number of benzene rings is 1. The summed E-state index contributed by atoms with van der Waals surface area (Å²) in [6.45, 7) is 21.4. The summed E-state index contributed by atoms with van der Waals surface area (Å²) >= 11 is 0. The van der Waals surface area contributed by atoms with Crippen molar-refractivity contribution in [3.05, 3.63) is 33.9 Å². The average Bonchev–Trinajstić information content (AvgIpc) is 2.71. The molecule has 3 saturated heterocycles. The van der Waals surface area contributed by atoms with Crippen molar-refractivity contribution in [3.8, 4) is 0 Å². The van der Waals surface area contributed by atoms with Gasteiger partial charge in [-0.25, -0.2) is 0 Å². The lowest BCUT2D eigenvalue weighted by atomic mass is 9.57. The summed E-state index contributed by atoms with van der Waals surface area (Å²) in [7, 11) is 0. The Bertz CT molecular complexity index is 972. The van der Waals surface area contributed by atoms with Gasteiger partial charge in [-0.1, -0.05) is 20.8 Å². The largest absolute Gasteiger partial charge is 0.331 e. The summed E-state index contributed by atoms with van der Waals surface area (Å²) in [6, 6.07) is 0.476. The third-order valence-electron chi connectivity index (χ3n) is 10.5. The van der Waals surface area contributed by atoms with E-state index in [2.05, 4.69) is 58.3 Å². The molecule has 1 aliphatic carbocycles. The highest BCUT2D eigenvalue weighted by Gasteiger charge is 2.61. The SMILES string of the molecule is [2H]c1c(C)c(C)c2c3c1C(=O)N([C@@]1(C)C4CCN(CC4)C1(C)C)C[C@H]3CC(C)C2(C)C. The molecule has 164 valence electrons. The number of piperidine rings is 3. The highest BCUT2D eigenvalue weighted by Crippen LogP contribution is 2.55. The van der Waals surface area contributed by atoms with Crippen molar-refractivity contribution in [2.24, 2.45) is 11.8 Å². The van der Waals surface area contributed by atoms with E-state index in [0.29, 0.717) is 23.8 Å². The molecule has 30 heavy (non-hydrogen) atoms. The van der Waals surface area contributed by atoms with Crippen LogP contribution in [-0.2, 0) is 5.41 Å². The zero-order valence-corrected chi connectivity index (χ0v) is 20.3. The molecule has 0 radical (unpaired) electrons. The van der Waals surface area contributed by atoms with Crippen LogP contribution in [0.1, 0.15) is 101 Å². The molecule has 0 aromatic heterocycles. The van der Waals surface area contributed by atoms with Crippen molar-refractivity contribution in [1.82, 2.24) is 9.80 Å². The van der Waals surface area contributed by atoms with Gasteiger partial charge in [0.25, 0.3) is 5.91 Å². The van der Waals surface area contributed by atoms with E-state index in [9.17, 15) is 4.79 Å². The Morgan fingerprint density at radius 1 is 1.10 bits per heavy atom. The smallest absolute Gasteiger partial charge is 0.254 e. The first kappa shape index (κ1) is 19.3. The number of hydrogen-bond acceptors (Lipinski definition) is 2. The second-order valence-corrected chi connectivity index (χ2v) is 12.0. The lowest BCUT2D eigenvalue weighted by Gasteiger charge is -2.67. The summed E-state index contributed by atoms with van der Waals surface area (Å²) in [4.78, 5) is 19.1. The number of carbonyl (C=O) groups is 1. The van der Waals surface area contributed by atoms with Crippen LogP contribution in [0.15, 0.2) is 6.04 Å². The van der Waals surface area contributed by atoms with Crippen LogP contribution in [0.3, 0.4) is 0 Å². The van der Waals surface area contributed by atoms with Crippen LogP contribution < -0.4 is 0 Å². The van der Waals surface area contributed by atoms with Crippen LogP contribution >= 0.6 is 0 Å². The Kier molecular flexibility index (Phi) is 3.95. The molecule has 4 heterocycles. The molecular weight excluding hydrogens is 368 g/mol. The predicted molar refractivity (Wildman–Crippen MR) is 123 cm³/mol. The molecule has 0 saturated carbocycles. The minimum Gasteiger partial charge on any atom is -0.331 e. The number of amides is 1. The zero-order chi connectivity index (χ0) is 22.7. The van der Waals surface area contributed by atoms with Crippen LogP contribution in [0, 0.1) is 25.7 Å². The van der Waals surface area contributed by atoms with Crippen molar-refractivity contribution in [2.75, 3.05) is 19.6 Å². The second-order valence-electron chi connectivity index (χ2n) is 12.0. The fourth-order valence-corrected chi connectivity index (χ4v) is 7.73. The van der Waals surface area contributed by atoms with E-state index in [0.717, 1.165) is 37.2 Å². The average molecular weight is 410 g/mol. The maximum atomic E-state index is 14.3. The molecule has 0 spiro atoms. The lowest BCUT2D eigenvalue weighted by Crippen LogP contribution is -2.77. The molecule has 4 aliphatic heterocycles. The minimum atomic E-state index is -0.195. The molecule has 0 N–H and O–H groups in total. The van der Waals surface area contributed by atoms with Gasteiger partial charge >= 0.3 is 0 Å². The highest BCUT2D eigenvalue weighted by atomic mass is 16.2. The highest BCUT2D eigenvalue weighted by molar-refractivity contribution is 5.99. The van der Waals surface area contributed by atoms with E-state index < -0.39 is 0 Å². The van der Waals surface area contributed by atoms with Gasteiger partial charge in [0.1, 0.15) is 0 Å². The fraction of sp³-hybridized carbons (Fsp3) is 0.741. The van der Waals surface area contributed by atoms with Crippen LogP contribution in [0.2, 0.25) is 0 Å². The van der Waals surface area contributed by atoms with E-state index in [1.165, 1.54) is 29.5 Å². The molecule has 5 aliphatic rings. The van der Waals surface area contributed by atoms with Crippen molar-refractivity contribution in [2.45, 2.75) is 97.1 Å². The number of fused-ring (bicyclic) bond motifs is 3. The van der Waals surface area contributed by atoms with Gasteiger partial charge < -0.3 is 4.90 Å². The molecule has 1 amide bonds. The Labute approximate surface area is 184 Å². The van der Waals surface area contributed by atoms with E-state index in [4.69, 9.17) is 1.37 Å². The van der Waals surface area contributed by atoms with Gasteiger partial charge in [-0.3, -0.25) is 9.69 Å². The maximum absolute atomic E-state index is 14.3. The number of rotatable bonds is 1. The maximum Gasteiger partial charge on any atom is 0.254 e. The van der Waals surface area contributed by atoms with Gasteiger partial charge in [0.2, 0.25) is 0 Å². The van der Waals surface area contributed by atoms with Crippen molar-refractivity contribution in [1.29, 1.82) is 0 Å². The zero-order valence-electron chi connectivity index (χ0n) is 21.3. The third kappa shape index (κ3) is 2.28. The topological polar surface area (TPSA) is 23.6 Å².